The number of hydrogen-bond donors (Lipinski definition) is 0. The molecule has 0 radical (unpaired) electrons. The topological polar surface area (TPSA) is 0 Å². The van der Waals surface area contributed by atoms with Crippen molar-refractivity contribution in [3.05, 3.63) is 206 Å². The van der Waals surface area contributed by atoms with Crippen molar-refractivity contribution in [1.82, 2.24) is 0 Å². The summed E-state index contributed by atoms with van der Waals surface area (Å²) in [6, 6.07) is 67.0. The van der Waals surface area contributed by atoms with Crippen molar-refractivity contribution in [2.75, 3.05) is 0 Å². The van der Waals surface area contributed by atoms with Gasteiger partial charge in [-0.15, -0.1) is 0 Å². The van der Waals surface area contributed by atoms with Crippen molar-refractivity contribution >= 4 is 51.3 Å². The second-order valence-corrected chi connectivity index (χ2v) is 17.5. The van der Waals surface area contributed by atoms with Crippen molar-refractivity contribution in [2.45, 2.75) is 0 Å². The van der Waals surface area contributed by atoms with E-state index in [-0.39, 0.29) is 24.0 Å². The van der Waals surface area contributed by atoms with Gasteiger partial charge in [-0.3, -0.25) is 0 Å². The van der Waals surface area contributed by atoms with E-state index in [1.807, 2.05) is 0 Å². The molecule has 1 aliphatic rings. The smallest absolute Gasteiger partial charge is 0.144 e. The molecule has 0 unspecified atom stereocenters. The Kier molecular flexibility index (Phi) is 9.29. The molecule has 7 rings (SSSR count). The first-order chi connectivity index (χ1) is 21.3. The lowest BCUT2D eigenvalue weighted by Gasteiger charge is -2.31. The van der Waals surface area contributed by atoms with Gasteiger partial charge in [-0.05, 0) is 82.7 Å². The van der Waals surface area contributed by atoms with Crippen LogP contribution in [0.5, 0.6) is 0 Å². The summed E-state index contributed by atoms with van der Waals surface area (Å²) < 4.78 is 0. The van der Waals surface area contributed by atoms with E-state index in [9.17, 15) is 0 Å². The highest BCUT2D eigenvalue weighted by Gasteiger charge is 2.49. The van der Waals surface area contributed by atoms with Crippen LogP contribution in [0.15, 0.2) is 206 Å². The molecule has 6 aromatic rings. The van der Waals surface area contributed by atoms with Crippen LogP contribution in [0.3, 0.4) is 0 Å². The molecule has 3 heteroatoms. The minimum Gasteiger partial charge on any atom is -1.00 e. The normalized spacial score (nSPS) is 12.8. The van der Waals surface area contributed by atoms with Crippen molar-refractivity contribution in [3.63, 3.8) is 0 Å². The van der Waals surface area contributed by atoms with E-state index in [1.165, 1.54) is 42.4 Å². The Morgan fingerprint density at radius 2 is 0.636 bits per heavy atom. The molecule has 214 valence electrons. The SMILES string of the molecule is C1=CC(=P(c2ccccc2)(c2ccccc2)c2ccccc2)C=C1[P+](c1ccccc1)(c1ccccc1)c1ccccc1.[I-]. The van der Waals surface area contributed by atoms with Crippen molar-refractivity contribution < 1.29 is 24.0 Å². The van der Waals surface area contributed by atoms with Crippen LogP contribution in [0, 0.1) is 0 Å². The average molecular weight is 715 g/mol. The Hall–Kier alpha value is -3.74. The van der Waals surface area contributed by atoms with Crippen molar-refractivity contribution in [3.8, 4) is 0 Å². The summed E-state index contributed by atoms with van der Waals surface area (Å²) in [4.78, 5) is 0. The standard InChI is InChI=1S/C41H33P2.HI/c1-7-19-34(20-8-1)42(35-21-9-2-10-22-35,36-23-11-3-12-24-36)40-31-32-41(33-40)43(37-25-13-4-14-26-37,38-27-15-5-16-28-38)39-29-17-6-18-30-39;/h1-33H;1H/q+1;/p-1. The van der Waals surface area contributed by atoms with E-state index in [2.05, 4.69) is 200 Å². The maximum atomic E-state index is 2.56. The lowest BCUT2D eigenvalue weighted by molar-refractivity contribution is -0.00000800. The molecule has 1 aliphatic carbocycles. The zero-order valence-electron chi connectivity index (χ0n) is 24.3. The monoisotopic (exact) mass is 714 g/mol. The summed E-state index contributed by atoms with van der Waals surface area (Å²) in [5, 5.41) is 11.0. The minimum absolute atomic E-state index is 0. The predicted octanol–water partition coefficient (Wildman–Crippen LogP) is 4.60. The van der Waals surface area contributed by atoms with Gasteiger partial charge in [-0.1, -0.05) is 146 Å². The van der Waals surface area contributed by atoms with E-state index in [1.54, 1.807) is 0 Å². The highest BCUT2D eigenvalue weighted by molar-refractivity contribution is 7.99. The van der Waals surface area contributed by atoms with Crippen LogP contribution in [0.2, 0.25) is 0 Å². The van der Waals surface area contributed by atoms with Gasteiger partial charge in [-0.25, -0.2) is 0 Å². The first-order valence-electron chi connectivity index (χ1n) is 14.7. The molecule has 0 saturated heterocycles. The summed E-state index contributed by atoms with van der Waals surface area (Å²) in [5.41, 5.74) is 0. The van der Waals surface area contributed by atoms with Crippen LogP contribution in [0.1, 0.15) is 0 Å². The first kappa shape index (κ1) is 30.3. The quantitative estimate of drug-likeness (QED) is 0.168. The molecule has 0 saturated carbocycles. The molecule has 0 aliphatic heterocycles. The lowest BCUT2D eigenvalue weighted by atomic mass is 10.3. The fourth-order valence-corrected chi connectivity index (χ4v) is 15.2. The Labute approximate surface area is 279 Å². The Bertz CT molecular complexity index is 1730. The molecule has 0 aromatic heterocycles. The van der Waals surface area contributed by atoms with Gasteiger partial charge in [-0.2, -0.15) is 0 Å². The van der Waals surface area contributed by atoms with E-state index in [4.69, 9.17) is 0 Å². The van der Waals surface area contributed by atoms with E-state index < -0.39 is 14.1 Å². The molecule has 44 heavy (non-hydrogen) atoms. The van der Waals surface area contributed by atoms with Crippen molar-refractivity contribution in [2.24, 2.45) is 0 Å². The van der Waals surface area contributed by atoms with E-state index in [0.717, 1.165) is 0 Å². The van der Waals surface area contributed by atoms with Gasteiger partial charge >= 0.3 is 0 Å². The zero-order chi connectivity index (χ0) is 29.0. The number of benzene rings is 6. The highest BCUT2D eigenvalue weighted by Crippen LogP contribution is 2.64. The Balaban J connectivity index is 0.00000343. The Morgan fingerprint density at radius 3 is 0.955 bits per heavy atom. The molecule has 0 fully saturated rings. The molecule has 0 spiro atoms. The number of halogens is 1. The molecule has 0 N–H and O–H groups in total. The Morgan fingerprint density at radius 1 is 0.341 bits per heavy atom. The molecule has 0 amide bonds. The lowest BCUT2D eigenvalue weighted by Crippen LogP contribution is -3.00. The van der Waals surface area contributed by atoms with Gasteiger partial charge in [0.25, 0.3) is 0 Å². The van der Waals surface area contributed by atoms with Gasteiger partial charge < -0.3 is 24.0 Å². The summed E-state index contributed by atoms with van der Waals surface area (Å²) >= 11 is 0. The van der Waals surface area contributed by atoms with Gasteiger partial charge in [0, 0.05) is 0 Å². The number of allylic oxidation sites excluding steroid dienone is 4. The average Bonchev–Trinajstić information content (AvgIpc) is 3.59. The highest BCUT2D eigenvalue weighted by atomic mass is 127. The molecule has 0 heterocycles. The predicted molar refractivity (Wildman–Crippen MR) is 193 cm³/mol. The second-order valence-electron chi connectivity index (χ2n) is 10.7. The van der Waals surface area contributed by atoms with Crippen LogP contribution in [-0.4, -0.2) is 5.29 Å². The van der Waals surface area contributed by atoms with Gasteiger partial charge in [0.05, 0.1) is 0 Å². The number of hydrogen-bond acceptors (Lipinski definition) is 0. The van der Waals surface area contributed by atoms with Gasteiger partial charge in [0.15, 0.2) is 0 Å². The molecule has 0 atom stereocenters. The van der Waals surface area contributed by atoms with Crippen LogP contribution in [-0.2, 0) is 0 Å². The van der Waals surface area contributed by atoms with Crippen LogP contribution < -0.4 is 55.8 Å². The fourth-order valence-electron chi connectivity index (χ4n) is 6.53. The maximum absolute atomic E-state index is 2.56. The third-order valence-electron chi connectivity index (χ3n) is 8.36. The first-order valence-corrected chi connectivity index (χ1v) is 18.3. The van der Waals surface area contributed by atoms with Gasteiger partial charge in [0.1, 0.15) is 28.5 Å². The largest absolute Gasteiger partial charge is 1.00 e. The maximum Gasteiger partial charge on any atom is 0.144 e. The molecular formula is C41H33IP2. The third kappa shape index (κ3) is 5.18. The summed E-state index contributed by atoms with van der Waals surface area (Å²) in [6.07, 6.45) is 7.42. The van der Waals surface area contributed by atoms with E-state index >= 15 is 0 Å². The van der Waals surface area contributed by atoms with Crippen LogP contribution >= 0.6 is 14.1 Å². The number of rotatable bonds is 7. The molecular weight excluding hydrogens is 681 g/mol. The van der Waals surface area contributed by atoms with Gasteiger partial charge in [0.2, 0.25) is 0 Å². The minimum atomic E-state index is -2.21. The van der Waals surface area contributed by atoms with E-state index in [0.29, 0.717) is 0 Å². The zero-order valence-corrected chi connectivity index (χ0v) is 28.3. The molecule has 0 nitrogen and oxygen atoms in total. The van der Waals surface area contributed by atoms with Crippen molar-refractivity contribution in [1.29, 1.82) is 0 Å². The van der Waals surface area contributed by atoms with Crippen LogP contribution in [0.4, 0.5) is 0 Å². The summed E-state index contributed by atoms with van der Waals surface area (Å²) in [6.45, 7) is -2.21. The second kappa shape index (κ2) is 13.5. The molecule has 0 bridgehead atoms. The third-order valence-corrected chi connectivity index (χ3v) is 16.9. The molecule has 6 aromatic carbocycles. The fraction of sp³-hybridized carbons (Fsp3) is 0. The van der Waals surface area contributed by atoms with Crippen LogP contribution in [0.25, 0.3) is 0 Å². The summed E-state index contributed by atoms with van der Waals surface area (Å²) in [7, 11) is -2.21. The summed E-state index contributed by atoms with van der Waals surface area (Å²) in [5.74, 6) is 0.